The van der Waals surface area contributed by atoms with Crippen LogP contribution in [0.2, 0.25) is 0 Å². The van der Waals surface area contributed by atoms with Gasteiger partial charge in [0.05, 0.1) is 5.92 Å². The van der Waals surface area contributed by atoms with Gasteiger partial charge < -0.3 is 15.2 Å². The molecule has 144 valence electrons. The zero-order chi connectivity index (χ0) is 19.3. The number of carboxylic acid groups (broad SMARTS) is 1. The molecule has 0 saturated heterocycles. The fourth-order valence-corrected chi connectivity index (χ4v) is 5.46. The number of carbonyl (C=O) groups excluding carboxylic acids is 1. The van der Waals surface area contributed by atoms with Gasteiger partial charge in [-0.15, -0.1) is 0 Å². The lowest BCUT2D eigenvalue weighted by atomic mass is 9.47. The van der Waals surface area contributed by atoms with Gasteiger partial charge in [0.25, 0.3) is 0 Å². The molecule has 2 fully saturated rings. The summed E-state index contributed by atoms with van der Waals surface area (Å²) in [5.74, 6) is -0.212. The van der Waals surface area contributed by atoms with E-state index in [1.807, 2.05) is 24.3 Å². The number of hydrogen-bond donors (Lipinski definition) is 2. The van der Waals surface area contributed by atoms with E-state index >= 15 is 0 Å². The lowest BCUT2D eigenvalue weighted by Gasteiger charge is -2.57. The van der Waals surface area contributed by atoms with Crippen LogP contribution in [0.15, 0.2) is 48.5 Å². The summed E-state index contributed by atoms with van der Waals surface area (Å²) in [5.41, 5.74) is 4.75. The summed E-state index contributed by atoms with van der Waals surface area (Å²) in [5, 5.41) is 12.2. The number of aliphatic carboxylic acids is 1. The largest absolute Gasteiger partial charge is 0.481 e. The Hall–Kier alpha value is -2.82. The minimum atomic E-state index is -0.736. The standard InChI is InChI=1S/C23H23NO4/c25-22(26)21-18-10-9-17(18)19(21)11-24-23(27)28-12-20-15-7-3-1-5-13(15)14-6-2-4-8-16(14)20/h1-8,17-21H,9-12H2,(H,24,27)(H,25,26)/t17-,18+,19+,21-/m0/s1. The molecule has 0 radical (unpaired) electrons. The number of fused-ring (bicyclic) bond motifs is 4. The maximum absolute atomic E-state index is 12.3. The van der Waals surface area contributed by atoms with Gasteiger partial charge in [-0.3, -0.25) is 4.79 Å². The molecule has 0 heterocycles. The molecule has 3 aliphatic rings. The van der Waals surface area contributed by atoms with Crippen LogP contribution in [0.25, 0.3) is 11.1 Å². The molecule has 2 saturated carbocycles. The topological polar surface area (TPSA) is 75.6 Å². The summed E-state index contributed by atoms with van der Waals surface area (Å²) in [7, 11) is 0. The van der Waals surface area contributed by atoms with Gasteiger partial charge >= 0.3 is 12.1 Å². The van der Waals surface area contributed by atoms with Crippen LogP contribution in [-0.4, -0.2) is 30.3 Å². The number of alkyl carbamates (subject to hydrolysis) is 1. The molecule has 0 aliphatic heterocycles. The number of rotatable bonds is 5. The Morgan fingerprint density at radius 1 is 0.964 bits per heavy atom. The number of carbonyl (C=O) groups is 2. The summed E-state index contributed by atoms with van der Waals surface area (Å²) in [6.07, 6.45) is 1.61. The number of ether oxygens (including phenoxy) is 1. The molecule has 5 rings (SSSR count). The van der Waals surface area contributed by atoms with Crippen molar-refractivity contribution in [1.82, 2.24) is 5.32 Å². The molecule has 0 bridgehead atoms. The third-order valence-electron chi connectivity index (χ3n) is 6.97. The van der Waals surface area contributed by atoms with Crippen LogP contribution >= 0.6 is 0 Å². The van der Waals surface area contributed by atoms with Crippen molar-refractivity contribution in [2.45, 2.75) is 18.8 Å². The van der Waals surface area contributed by atoms with E-state index in [4.69, 9.17) is 4.74 Å². The molecule has 0 spiro atoms. The van der Waals surface area contributed by atoms with Gasteiger partial charge in [-0.25, -0.2) is 4.79 Å². The molecule has 3 aliphatic carbocycles. The van der Waals surface area contributed by atoms with Crippen molar-refractivity contribution in [2.24, 2.45) is 23.7 Å². The van der Waals surface area contributed by atoms with E-state index in [1.54, 1.807) is 0 Å². The number of nitrogens with one attached hydrogen (secondary N) is 1. The molecular formula is C23H23NO4. The van der Waals surface area contributed by atoms with Crippen molar-refractivity contribution in [2.75, 3.05) is 13.2 Å². The van der Waals surface area contributed by atoms with E-state index in [0.29, 0.717) is 18.4 Å². The highest BCUT2D eigenvalue weighted by Gasteiger charge is 2.58. The van der Waals surface area contributed by atoms with Crippen LogP contribution in [0.3, 0.4) is 0 Å². The van der Waals surface area contributed by atoms with Gasteiger partial charge in [-0.05, 0) is 52.8 Å². The molecule has 0 aromatic heterocycles. The van der Waals surface area contributed by atoms with Gasteiger partial charge in [0.15, 0.2) is 0 Å². The van der Waals surface area contributed by atoms with Gasteiger partial charge in [-0.1, -0.05) is 48.5 Å². The van der Waals surface area contributed by atoms with Crippen molar-refractivity contribution in [1.29, 1.82) is 0 Å². The Bertz CT molecular complexity index is 894. The average Bonchev–Trinajstić information content (AvgIpc) is 3.00. The van der Waals surface area contributed by atoms with Crippen molar-refractivity contribution in [3.05, 3.63) is 59.7 Å². The molecule has 1 amide bonds. The van der Waals surface area contributed by atoms with E-state index in [-0.39, 0.29) is 24.4 Å². The van der Waals surface area contributed by atoms with Crippen LogP contribution in [-0.2, 0) is 9.53 Å². The van der Waals surface area contributed by atoms with E-state index in [1.165, 1.54) is 22.3 Å². The van der Waals surface area contributed by atoms with E-state index in [0.717, 1.165) is 12.8 Å². The minimum Gasteiger partial charge on any atom is -0.481 e. The Morgan fingerprint density at radius 2 is 1.57 bits per heavy atom. The van der Waals surface area contributed by atoms with E-state index in [9.17, 15) is 14.7 Å². The Labute approximate surface area is 163 Å². The first-order valence-electron chi connectivity index (χ1n) is 9.97. The predicted octanol–water partition coefficient (Wildman–Crippen LogP) is 3.88. The molecular weight excluding hydrogens is 354 g/mol. The quantitative estimate of drug-likeness (QED) is 0.829. The Morgan fingerprint density at radius 3 is 2.14 bits per heavy atom. The highest BCUT2D eigenvalue weighted by Crippen LogP contribution is 2.58. The predicted molar refractivity (Wildman–Crippen MR) is 104 cm³/mol. The normalized spacial score (nSPS) is 26.9. The van der Waals surface area contributed by atoms with Crippen LogP contribution in [0.4, 0.5) is 4.79 Å². The highest BCUT2D eigenvalue weighted by atomic mass is 16.5. The number of carboxylic acids is 1. The molecule has 2 N–H and O–H groups in total. The second-order valence-electron chi connectivity index (χ2n) is 8.14. The zero-order valence-electron chi connectivity index (χ0n) is 15.5. The van der Waals surface area contributed by atoms with Gasteiger partial charge in [0.2, 0.25) is 0 Å². The van der Waals surface area contributed by atoms with Gasteiger partial charge in [0, 0.05) is 12.5 Å². The van der Waals surface area contributed by atoms with E-state index < -0.39 is 12.1 Å². The number of amides is 1. The second-order valence-corrected chi connectivity index (χ2v) is 8.14. The third kappa shape index (κ3) is 2.60. The lowest BCUT2D eigenvalue weighted by Crippen LogP contribution is -2.59. The first-order chi connectivity index (χ1) is 13.6. The van der Waals surface area contributed by atoms with Crippen molar-refractivity contribution < 1.29 is 19.4 Å². The smallest absolute Gasteiger partial charge is 0.407 e. The molecule has 0 unspecified atom stereocenters. The first-order valence-corrected chi connectivity index (χ1v) is 9.97. The van der Waals surface area contributed by atoms with Crippen LogP contribution in [0.5, 0.6) is 0 Å². The third-order valence-corrected chi connectivity index (χ3v) is 6.97. The fourth-order valence-electron chi connectivity index (χ4n) is 5.46. The first kappa shape index (κ1) is 17.3. The zero-order valence-corrected chi connectivity index (χ0v) is 15.5. The molecule has 5 heteroatoms. The number of hydrogen-bond acceptors (Lipinski definition) is 3. The summed E-state index contributed by atoms with van der Waals surface area (Å²) < 4.78 is 5.54. The Balaban J connectivity index is 1.21. The SMILES string of the molecule is O=C(NC[C@@H]1[C@H]2CC[C@H]2[C@@H]1C(=O)O)OCC1c2ccccc2-c2ccccc21. The van der Waals surface area contributed by atoms with Crippen molar-refractivity contribution >= 4 is 12.1 Å². The van der Waals surface area contributed by atoms with Crippen molar-refractivity contribution in [3.63, 3.8) is 0 Å². The summed E-state index contributed by atoms with van der Waals surface area (Å²) in [6.45, 7) is 0.660. The lowest BCUT2D eigenvalue weighted by molar-refractivity contribution is -0.171. The molecule has 2 aromatic rings. The summed E-state index contributed by atoms with van der Waals surface area (Å²) >= 11 is 0. The molecule has 4 atom stereocenters. The average molecular weight is 377 g/mol. The Kier molecular flexibility index (Phi) is 4.11. The molecule has 28 heavy (non-hydrogen) atoms. The fraction of sp³-hybridized carbons (Fsp3) is 0.391. The summed E-state index contributed by atoms with van der Waals surface area (Å²) in [4.78, 5) is 23.7. The van der Waals surface area contributed by atoms with Gasteiger partial charge in [0.1, 0.15) is 6.61 Å². The monoisotopic (exact) mass is 377 g/mol. The maximum Gasteiger partial charge on any atom is 0.407 e. The molecule has 2 aromatic carbocycles. The van der Waals surface area contributed by atoms with Crippen LogP contribution in [0, 0.1) is 23.7 Å². The molecule has 5 nitrogen and oxygen atoms in total. The highest BCUT2D eigenvalue weighted by molar-refractivity contribution is 5.79. The van der Waals surface area contributed by atoms with E-state index in [2.05, 4.69) is 29.6 Å². The second kappa shape index (κ2) is 6.66. The van der Waals surface area contributed by atoms with Gasteiger partial charge in [-0.2, -0.15) is 0 Å². The van der Waals surface area contributed by atoms with Crippen LogP contribution in [0.1, 0.15) is 29.9 Å². The minimum absolute atomic E-state index is 0.0321. The summed E-state index contributed by atoms with van der Waals surface area (Å²) in [6, 6.07) is 16.4. The van der Waals surface area contributed by atoms with Crippen molar-refractivity contribution in [3.8, 4) is 11.1 Å². The maximum atomic E-state index is 12.3. The number of benzene rings is 2. The van der Waals surface area contributed by atoms with Crippen LogP contribution < -0.4 is 5.32 Å².